The second-order valence-electron chi connectivity index (χ2n) is 0.562. The van der Waals surface area contributed by atoms with E-state index < -0.39 is 7.32 Å². The zero-order valence-corrected chi connectivity index (χ0v) is 4.88. The first-order valence-corrected chi connectivity index (χ1v) is 1.98. The SMILES string of the molecule is OB(O)O[SiH3].[LiH]. The van der Waals surface area contributed by atoms with Crippen LogP contribution in [0.4, 0.5) is 0 Å². The Kier molecular flexibility index (Phi) is 9.50. The normalized spacial score (nSPS) is 7.00. The van der Waals surface area contributed by atoms with E-state index in [1.54, 1.807) is 0 Å². The molecule has 0 radical (unpaired) electrons. The van der Waals surface area contributed by atoms with Gasteiger partial charge in [0.1, 0.15) is 10.5 Å². The quantitative estimate of drug-likeness (QED) is 0.338. The molecule has 0 unspecified atom stereocenters. The van der Waals surface area contributed by atoms with Crippen molar-refractivity contribution in [3.63, 3.8) is 0 Å². The van der Waals surface area contributed by atoms with Crippen molar-refractivity contribution < 1.29 is 14.4 Å². The van der Waals surface area contributed by atoms with E-state index >= 15 is 0 Å². The molecule has 2 N–H and O–H groups in total. The molecule has 0 aromatic heterocycles. The van der Waals surface area contributed by atoms with Crippen molar-refractivity contribution in [2.45, 2.75) is 0 Å². The molecule has 0 aliphatic heterocycles. The zero-order chi connectivity index (χ0) is 4.28. The molecule has 3 nitrogen and oxygen atoms in total. The zero-order valence-electron chi connectivity index (χ0n) is 2.88. The Morgan fingerprint density at radius 1 is 1.50 bits per heavy atom. The summed E-state index contributed by atoms with van der Waals surface area (Å²) in [4.78, 5) is 0. The molecule has 0 fully saturated rings. The molecule has 0 saturated carbocycles. The molecule has 0 heterocycles. The summed E-state index contributed by atoms with van der Waals surface area (Å²) in [6.07, 6.45) is 0. The van der Waals surface area contributed by atoms with Crippen molar-refractivity contribution in [1.29, 1.82) is 0 Å². The summed E-state index contributed by atoms with van der Waals surface area (Å²) in [5.74, 6) is 0. The standard InChI is InChI=1S/BH5O3Si.Li.H/c2-1(3)4-5;;/h2-3H,5H3;;. The molecule has 0 bridgehead atoms. The third-order valence-corrected chi connectivity index (χ3v) is 0.632. The van der Waals surface area contributed by atoms with E-state index in [9.17, 15) is 0 Å². The minimum absolute atomic E-state index is 0. The van der Waals surface area contributed by atoms with Crippen LogP contribution in [0.15, 0.2) is 0 Å². The second kappa shape index (κ2) is 5.76. The molecule has 0 spiro atoms. The molecule has 0 aromatic carbocycles. The molecule has 6 heteroatoms. The van der Waals surface area contributed by atoms with Gasteiger partial charge in [0.2, 0.25) is 0 Å². The third kappa shape index (κ3) is 8.83. The maximum atomic E-state index is 7.73. The Morgan fingerprint density at radius 3 is 1.67 bits per heavy atom. The number of hydrogen-bond acceptors (Lipinski definition) is 3. The third-order valence-electron chi connectivity index (χ3n) is 0.211. The molecule has 0 aliphatic rings. The molecule has 6 heavy (non-hydrogen) atoms. The van der Waals surface area contributed by atoms with Crippen molar-refractivity contribution >= 4 is 36.7 Å². The van der Waals surface area contributed by atoms with Crippen LogP contribution in [-0.4, -0.2) is 46.7 Å². The molecule has 0 atom stereocenters. The Balaban J connectivity index is 0. The fourth-order valence-electron chi connectivity index (χ4n) is 0. The summed E-state index contributed by atoms with van der Waals surface area (Å²) in [5, 5.41) is 15.5. The monoisotopic (exact) mass is 100 g/mol. The topological polar surface area (TPSA) is 49.7 Å². The summed E-state index contributed by atoms with van der Waals surface area (Å²) in [5.41, 5.74) is 0. The van der Waals surface area contributed by atoms with Crippen molar-refractivity contribution in [2.24, 2.45) is 0 Å². The van der Waals surface area contributed by atoms with Gasteiger partial charge in [0.05, 0.1) is 0 Å². The van der Waals surface area contributed by atoms with Crippen molar-refractivity contribution in [3.8, 4) is 0 Å². The van der Waals surface area contributed by atoms with Gasteiger partial charge < -0.3 is 14.4 Å². The molecule has 0 amide bonds. The Bertz CT molecular complexity index is 24.8. The molecule has 0 saturated heterocycles. The van der Waals surface area contributed by atoms with Crippen molar-refractivity contribution in [3.05, 3.63) is 0 Å². The number of rotatable bonds is 1. The van der Waals surface area contributed by atoms with Gasteiger partial charge in [-0.3, -0.25) is 0 Å². The Hall–Kier alpha value is 0.759. The first-order valence-electron chi connectivity index (χ1n) is 1.16. The fourth-order valence-corrected chi connectivity index (χ4v) is 0. The van der Waals surface area contributed by atoms with Gasteiger partial charge in [0.25, 0.3) is 0 Å². The van der Waals surface area contributed by atoms with Crippen LogP contribution in [0.25, 0.3) is 0 Å². The van der Waals surface area contributed by atoms with Crippen molar-refractivity contribution in [1.82, 2.24) is 0 Å². The van der Waals surface area contributed by atoms with Crippen LogP contribution < -0.4 is 0 Å². The van der Waals surface area contributed by atoms with E-state index in [1.165, 1.54) is 0 Å². The van der Waals surface area contributed by atoms with Crippen molar-refractivity contribution in [2.75, 3.05) is 0 Å². The molecular formula is H6BLiO3Si. The maximum absolute atomic E-state index is 7.73. The van der Waals surface area contributed by atoms with Crippen LogP contribution in [0.1, 0.15) is 0 Å². The van der Waals surface area contributed by atoms with E-state index in [0.29, 0.717) is 10.5 Å². The van der Waals surface area contributed by atoms with Gasteiger partial charge >= 0.3 is 26.2 Å². The molecule has 32 valence electrons. The van der Waals surface area contributed by atoms with Crippen LogP contribution in [0.2, 0.25) is 0 Å². The van der Waals surface area contributed by atoms with Gasteiger partial charge in [0, 0.05) is 0 Å². The van der Waals surface area contributed by atoms with E-state index in [-0.39, 0.29) is 18.9 Å². The molecule has 0 aromatic rings. The minimum atomic E-state index is -1.55. The summed E-state index contributed by atoms with van der Waals surface area (Å²) in [6.45, 7) is 0. The van der Waals surface area contributed by atoms with Gasteiger partial charge in [-0.05, 0) is 0 Å². The summed E-state index contributed by atoms with van der Waals surface area (Å²) < 4.78 is 4.00. The van der Waals surface area contributed by atoms with E-state index in [2.05, 4.69) is 4.34 Å². The van der Waals surface area contributed by atoms with E-state index in [0.717, 1.165) is 0 Å². The average molecular weight is 99.9 g/mol. The van der Waals surface area contributed by atoms with Crippen LogP contribution >= 0.6 is 0 Å². The van der Waals surface area contributed by atoms with Gasteiger partial charge in [-0.2, -0.15) is 0 Å². The molecular weight excluding hydrogens is 93.8 g/mol. The first kappa shape index (κ1) is 9.90. The summed E-state index contributed by atoms with van der Waals surface area (Å²) in [6, 6.07) is 0. The predicted octanol–water partition coefficient (Wildman–Crippen LogP) is -3.40. The predicted molar refractivity (Wildman–Crippen MR) is 28.4 cm³/mol. The first-order chi connectivity index (χ1) is 2.27. The van der Waals surface area contributed by atoms with Crippen LogP contribution in [0.3, 0.4) is 0 Å². The Labute approximate surface area is 51.6 Å². The summed E-state index contributed by atoms with van der Waals surface area (Å²) >= 11 is 0. The average Bonchev–Trinajstić information content (AvgIpc) is 1.38. The van der Waals surface area contributed by atoms with Gasteiger partial charge in [-0.25, -0.2) is 0 Å². The van der Waals surface area contributed by atoms with E-state index in [4.69, 9.17) is 10.0 Å². The number of hydrogen-bond donors (Lipinski definition) is 2. The van der Waals surface area contributed by atoms with Crippen LogP contribution in [0.5, 0.6) is 0 Å². The fraction of sp³-hybridized carbons (Fsp3) is 0. The molecule has 0 aliphatic carbocycles. The van der Waals surface area contributed by atoms with Gasteiger partial charge in [-0.1, -0.05) is 0 Å². The van der Waals surface area contributed by atoms with Crippen LogP contribution in [0, 0.1) is 0 Å². The van der Waals surface area contributed by atoms with Gasteiger partial charge in [-0.15, -0.1) is 0 Å². The van der Waals surface area contributed by atoms with E-state index in [1.807, 2.05) is 0 Å². The molecule has 0 rings (SSSR count). The Morgan fingerprint density at radius 2 is 1.67 bits per heavy atom. The second-order valence-corrected chi connectivity index (χ2v) is 1.03. The summed E-state index contributed by atoms with van der Waals surface area (Å²) in [7, 11) is -1.18. The van der Waals surface area contributed by atoms with Crippen LogP contribution in [-0.2, 0) is 4.34 Å². The van der Waals surface area contributed by atoms with Gasteiger partial charge in [0.15, 0.2) is 0 Å².